The lowest BCUT2D eigenvalue weighted by atomic mass is 10.2. The van der Waals surface area contributed by atoms with Crippen molar-refractivity contribution in [1.82, 2.24) is 0 Å². The summed E-state index contributed by atoms with van der Waals surface area (Å²) in [5, 5.41) is 10.9. The third-order valence-electron chi connectivity index (χ3n) is 4.26. The van der Waals surface area contributed by atoms with Crippen molar-refractivity contribution >= 4 is 37.1 Å². The van der Waals surface area contributed by atoms with E-state index in [1.807, 2.05) is 0 Å². The standard InChI is InChI=1S/C19H15F2N3O6S2/c1-12-2-7-15(24(25)26)10-19(12)32(29,30)23-14-5-3-13(4-6-14)22-31(27,28)16-8-9-17(20)18(21)11-16/h2-11,22-23H,1H3. The van der Waals surface area contributed by atoms with Crippen LogP contribution in [0.4, 0.5) is 25.8 Å². The van der Waals surface area contributed by atoms with E-state index in [9.17, 15) is 35.7 Å². The van der Waals surface area contributed by atoms with Crippen molar-refractivity contribution in [1.29, 1.82) is 0 Å². The second-order valence-electron chi connectivity index (χ2n) is 6.57. The summed E-state index contributed by atoms with van der Waals surface area (Å²) in [5.74, 6) is -2.52. The third kappa shape index (κ3) is 5.00. The van der Waals surface area contributed by atoms with Gasteiger partial charge in [-0.2, -0.15) is 0 Å². The lowest BCUT2D eigenvalue weighted by Gasteiger charge is -2.12. The van der Waals surface area contributed by atoms with Crippen molar-refractivity contribution in [3.63, 3.8) is 0 Å². The number of aryl methyl sites for hydroxylation is 1. The fourth-order valence-electron chi connectivity index (χ4n) is 2.67. The molecule has 0 saturated carbocycles. The van der Waals surface area contributed by atoms with Crippen LogP contribution in [0.5, 0.6) is 0 Å². The number of nitro benzene ring substituents is 1. The van der Waals surface area contributed by atoms with E-state index < -0.39 is 47.2 Å². The average Bonchev–Trinajstić information content (AvgIpc) is 2.71. The Bertz CT molecular complexity index is 1410. The van der Waals surface area contributed by atoms with Crippen LogP contribution in [0, 0.1) is 28.7 Å². The van der Waals surface area contributed by atoms with E-state index in [2.05, 4.69) is 9.44 Å². The number of non-ortho nitro benzene ring substituents is 1. The lowest BCUT2D eigenvalue weighted by Crippen LogP contribution is -2.15. The molecule has 9 nitrogen and oxygen atoms in total. The molecule has 0 unspecified atom stereocenters. The van der Waals surface area contributed by atoms with Gasteiger partial charge >= 0.3 is 0 Å². The Labute approximate surface area is 182 Å². The second-order valence-corrected chi connectivity index (χ2v) is 9.90. The molecule has 2 N–H and O–H groups in total. The molecule has 0 aromatic heterocycles. The number of nitrogens with one attached hydrogen (secondary N) is 2. The number of nitro groups is 1. The molecule has 32 heavy (non-hydrogen) atoms. The molecule has 0 radical (unpaired) electrons. The van der Waals surface area contributed by atoms with Gasteiger partial charge in [-0.1, -0.05) is 6.07 Å². The predicted molar refractivity (Wildman–Crippen MR) is 112 cm³/mol. The minimum absolute atomic E-state index is 0.0317. The first-order chi connectivity index (χ1) is 14.9. The molecule has 168 valence electrons. The lowest BCUT2D eigenvalue weighted by molar-refractivity contribution is -0.385. The van der Waals surface area contributed by atoms with Gasteiger partial charge in [0, 0.05) is 23.5 Å². The number of halogens is 2. The van der Waals surface area contributed by atoms with Gasteiger partial charge < -0.3 is 0 Å². The van der Waals surface area contributed by atoms with Crippen LogP contribution >= 0.6 is 0 Å². The van der Waals surface area contributed by atoms with Crippen LogP contribution in [0.3, 0.4) is 0 Å². The molecule has 3 aromatic carbocycles. The highest BCUT2D eigenvalue weighted by Gasteiger charge is 2.21. The molecule has 0 fully saturated rings. The van der Waals surface area contributed by atoms with Crippen LogP contribution in [-0.2, 0) is 20.0 Å². The summed E-state index contributed by atoms with van der Waals surface area (Å²) in [6.07, 6.45) is 0. The summed E-state index contributed by atoms with van der Waals surface area (Å²) >= 11 is 0. The van der Waals surface area contributed by atoms with Gasteiger partial charge in [-0.05, 0) is 55.0 Å². The first kappa shape index (κ1) is 23.1. The Morgan fingerprint density at radius 3 is 1.88 bits per heavy atom. The molecule has 0 saturated heterocycles. The SMILES string of the molecule is Cc1ccc([N+](=O)[O-])cc1S(=O)(=O)Nc1ccc(NS(=O)(=O)c2ccc(F)c(F)c2)cc1. The first-order valence-corrected chi connectivity index (χ1v) is 11.7. The van der Waals surface area contributed by atoms with Crippen LogP contribution in [-0.4, -0.2) is 21.8 Å². The Morgan fingerprint density at radius 2 is 1.34 bits per heavy atom. The number of anilines is 2. The summed E-state index contributed by atoms with van der Waals surface area (Å²) in [4.78, 5) is 9.44. The number of hydrogen-bond donors (Lipinski definition) is 2. The molecular formula is C19H15F2N3O6S2. The molecule has 0 spiro atoms. The van der Waals surface area contributed by atoms with E-state index >= 15 is 0 Å². The zero-order valence-electron chi connectivity index (χ0n) is 16.2. The van der Waals surface area contributed by atoms with Gasteiger partial charge in [0.2, 0.25) is 0 Å². The Morgan fingerprint density at radius 1 is 0.781 bits per heavy atom. The monoisotopic (exact) mass is 483 g/mol. The van der Waals surface area contributed by atoms with Crippen molar-refractivity contribution in [3.8, 4) is 0 Å². The van der Waals surface area contributed by atoms with Gasteiger partial charge in [0.15, 0.2) is 11.6 Å². The molecule has 0 bridgehead atoms. The van der Waals surface area contributed by atoms with Crippen molar-refractivity contribution in [2.24, 2.45) is 0 Å². The summed E-state index contributed by atoms with van der Waals surface area (Å²) in [6.45, 7) is 1.48. The van der Waals surface area contributed by atoms with E-state index in [-0.39, 0.29) is 16.3 Å². The number of nitrogens with zero attached hydrogens (tertiary/aromatic N) is 1. The van der Waals surface area contributed by atoms with E-state index in [0.29, 0.717) is 17.7 Å². The topological polar surface area (TPSA) is 135 Å². The first-order valence-electron chi connectivity index (χ1n) is 8.75. The number of hydrogen-bond acceptors (Lipinski definition) is 6. The number of benzene rings is 3. The van der Waals surface area contributed by atoms with Crippen molar-refractivity contribution in [2.75, 3.05) is 9.44 Å². The van der Waals surface area contributed by atoms with Gasteiger partial charge in [-0.3, -0.25) is 19.6 Å². The van der Waals surface area contributed by atoms with Crippen molar-refractivity contribution < 1.29 is 30.5 Å². The van der Waals surface area contributed by atoms with Crippen LogP contribution in [0.15, 0.2) is 70.5 Å². The molecule has 0 heterocycles. The molecule has 0 amide bonds. The maximum atomic E-state index is 13.3. The molecule has 3 rings (SSSR count). The Balaban J connectivity index is 1.81. The second kappa shape index (κ2) is 8.51. The molecule has 0 aliphatic heterocycles. The maximum Gasteiger partial charge on any atom is 0.270 e. The van der Waals surface area contributed by atoms with E-state index in [0.717, 1.165) is 12.1 Å². The third-order valence-corrected chi connectivity index (χ3v) is 7.17. The highest BCUT2D eigenvalue weighted by atomic mass is 32.2. The molecular weight excluding hydrogens is 468 g/mol. The molecule has 0 aliphatic rings. The highest BCUT2D eigenvalue weighted by Crippen LogP contribution is 2.25. The van der Waals surface area contributed by atoms with Crippen LogP contribution < -0.4 is 9.44 Å². The number of rotatable bonds is 7. The van der Waals surface area contributed by atoms with E-state index in [1.165, 1.54) is 43.3 Å². The minimum Gasteiger partial charge on any atom is -0.280 e. The zero-order valence-corrected chi connectivity index (χ0v) is 17.9. The summed E-state index contributed by atoms with van der Waals surface area (Å²) in [6, 6.07) is 10.5. The van der Waals surface area contributed by atoms with Gasteiger partial charge in [0.05, 0.1) is 14.7 Å². The fraction of sp³-hybridized carbons (Fsp3) is 0.0526. The maximum absolute atomic E-state index is 13.3. The van der Waals surface area contributed by atoms with E-state index in [1.54, 1.807) is 0 Å². The molecule has 3 aromatic rings. The molecule has 0 atom stereocenters. The Kier molecular flexibility index (Phi) is 6.14. The quantitative estimate of drug-likeness (QED) is 0.388. The molecule has 0 aliphatic carbocycles. The van der Waals surface area contributed by atoms with Gasteiger partial charge in [-0.15, -0.1) is 0 Å². The summed E-state index contributed by atoms with van der Waals surface area (Å²) in [5.41, 5.74) is -0.00661. The highest BCUT2D eigenvalue weighted by molar-refractivity contribution is 7.93. The van der Waals surface area contributed by atoms with Gasteiger partial charge in [-0.25, -0.2) is 25.6 Å². The Hall–Kier alpha value is -3.58. The molecule has 13 heteroatoms. The largest absolute Gasteiger partial charge is 0.280 e. The number of sulfonamides is 2. The van der Waals surface area contributed by atoms with Crippen LogP contribution in [0.25, 0.3) is 0 Å². The van der Waals surface area contributed by atoms with Crippen molar-refractivity contribution in [3.05, 3.63) is 88.0 Å². The summed E-state index contributed by atoms with van der Waals surface area (Å²) < 4.78 is 80.7. The van der Waals surface area contributed by atoms with Gasteiger partial charge in [0.1, 0.15) is 0 Å². The van der Waals surface area contributed by atoms with E-state index in [4.69, 9.17) is 0 Å². The van der Waals surface area contributed by atoms with Crippen LogP contribution in [0.1, 0.15) is 5.56 Å². The summed E-state index contributed by atoms with van der Waals surface area (Å²) in [7, 11) is -8.39. The smallest absolute Gasteiger partial charge is 0.270 e. The van der Waals surface area contributed by atoms with Gasteiger partial charge in [0.25, 0.3) is 25.7 Å². The van der Waals surface area contributed by atoms with Crippen molar-refractivity contribution in [2.45, 2.75) is 16.7 Å². The fourth-order valence-corrected chi connectivity index (χ4v) is 5.06. The predicted octanol–water partition coefficient (Wildman–Crippen LogP) is 3.78. The normalized spacial score (nSPS) is 11.7. The zero-order chi connectivity index (χ0) is 23.7. The minimum atomic E-state index is -4.22. The van der Waals surface area contributed by atoms with Crippen LogP contribution in [0.2, 0.25) is 0 Å². The average molecular weight is 483 g/mol.